The topological polar surface area (TPSA) is 69.9 Å². The van der Waals surface area contributed by atoms with Gasteiger partial charge in [-0.05, 0) is 24.3 Å². The normalized spacial score (nSPS) is 10.5. The van der Waals surface area contributed by atoms with Gasteiger partial charge in [0.1, 0.15) is 17.2 Å². The first-order valence-electron chi connectivity index (χ1n) is 8.18. The number of hydrogen-bond donors (Lipinski definition) is 0. The van der Waals surface area contributed by atoms with E-state index >= 15 is 0 Å². The number of hydrogen-bond acceptors (Lipinski definition) is 5. The first-order chi connectivity index (χ1) is 13.0. The van der Waals surface area contributed by atoms with Crippen molar-refractivity contribution in [2.45, 2.75) is 6.92 Å². The Morgan fingerprint density at radius 1 is 1.04 bits per heavy atom. The van der Waals surface area contributed by atoms with E-state index in [1.165, 1.54) is 43.4 Å². The second-order valence-electron chi connectivity index (χ2n) is 5.53. The van der Waals surface area contributed by atoms with Crippen LogP contribution in [0.3, 0.4) is 0 Å². The lowest BCUT2D eigenvalue weighted by Gasteiger charge is -2.15. The van der Waals surface area contributed by atoms with Gasteiger partial charge in [0.25, 0.3) is 0 Å². The lowest BCUT2D eigenvalue weighted by atomic mass is 9.91. The number of tetrazole rings is 1. The Balaban J connectivity index is 2.41. The number of aromatic nitrogens is 4. The van der Waals surface area contributed by atoms with Crippen molar-refractivity contribution in [2.75, 3.05) is 6.61 Å². The van der Waals surface area contributed by atoms with E-state index in [1.54, 1.807) is 19.1 Å². The van der Waals surface area contributed by atoms with Crippen molar-refractivity contribution in [1.82, 2.24) is 20.2 Å². The molecular formula is C19H16F2N4O2. The molecule has 1 heterocycles. The third-order valence-corrected chi connectivity index (χ3v) is 3.75. The molecule has 27 heavy (non-hydrogen) atoms. The van der Waals surface area contributed by atoms with Crippen molar-refractivity contribution in [3.63, 3.8) is 0 Å². The maximum Gasteiger partial charge on any atom is 0.342 e. The lowest BCUT2D eigenvalue weighted by Crippen LogP contribution is -2.12. The average Bonchev–Trinajstić information content (AvgIpc) is 3.07. The smallest absolute Gasteiger partial charge is 0.342 e. The number of esters is 1. The molecule has 0 N–H and O–H groups in total. The highest BCUT2D eigenvalue weighted by Gasteiger charge is 2.28. The molecule has 0 saturated carbocycles. The third kappa shape index (κ3) is 3.74. The molecule has 3 rings (SSSR count). The predicted molar refractivity (Wildman–Crippen MR) is 94.1 cm³/mol. The van der Waals surface area contributed by atoms with E-state index in [0.29, 0.717) is 0 Å². The molecule has 3 aromatic rings. The Labute approximate surface area is 154 Å². The Morgan fingerprint density at radius 3 is 2.04 bits per heavy atom. The summed E-state index contributed by atoms with van der Waals surface area (Å²) in [4.78, 5) is 13.9. The molecule has 0 bridgehead atoms. The number of nitrogens with zero attached hydrogens (tertiary/aromatic N) is 4. The standard InChI is InChI=1S/C19H16F2N4O2/c1-3-27-19(26)17(18-22-24-25(2)23-18)16(12-8-4-6-10-14(12)20)13-9-5-7-11-15(13)21/h4-11H,3H2,1-2H3. The van der Waals surface area contributed by atoms with Gasteiger partial charge in [0.2, 0.25) is 5.82 Å². The summed E-state index contributed by atoms with van der Waals surface area (Å²) in [5, 5.41) is 11.6. The summed E-state index contributed by atoms with van der Waals surface area (Å²) in [5.41, 5.74) is -0.117. The van der Waals surface area contributed by atoms with Crippen molar-refractivity contribution >= 4 is 17.1 Å². The minimum absolute atomic E-state index is 0.00218. The molecule has 0 amide bonds. The summed E-state index contributed by atoms with van der Waals surface area (Å²) in [7, 11) is 1.52. The number of halogens is 2. The SMILES string of the molecule is CCOC(=O)C(=C(c1ccccc1F)c1ccccc1F)c1nnn(C)n1. The van der Waals surface area contributed by atoms with E-state index in [0.717, 1.165) is 4.80 Å². The molecule has 0 aliphatic carbocycles. The number of carbonyl (C=O) groups is 1. The van der Waals surface area contributed by atoms with Gasteiger partial charge in [-0.1, -0.05) is 36.4 Å². The molecular weight excluding hydrogens is 354 g/mol. The van der Waals surface area contributed by atoms with E-state index in [2.05, 4.69) is 15.4 Å². The summed E-state index contributed by atoms with van der Waals surface area (Å²) < 4.78 is 34.3. The first kappa shape index (κ1) is 18.4. The number of carbonyl (C=O) groups excluding carboxylic acids is 1. The number of rotatable bonds is 5. The summed E-state index contributed by atoms with van der Waals surface area (Å²) in [5.74, 6) is -2.13. The molecule has 6 nitrogen and oxygen atoms in total. The fraction of sp³-hybridized carbons (Fsp3) is 0.158. The molecule has 0 fully saturated rings. The third-order valence-electron chi connectivity index (χ3n) is 3.75. The van der Waals surface area contributed by atoms with Crippen molar-refractivity contribution in [3.8, 4) is 0 Å². The van der Waals surface area contributed by atoms with Crippen LogP contribution in [0.25, 0.3) is 11.1 Å². The van der Waals surface area contributed by atoms with Crippen LogP contribution in [0.2, 0.25) is 0 Å². The minimum Gasteiger partial charge on any atom is -0.462 e. The fourth-order valence-corrected chi connectivity index (χ4v) is 2.63. The van der Waals surface area contributed by atoms with Crippen LogP contribution in [0, 0.1) is 11.6 Å². The molecule has 1 aromatic heterocycles. The van der Waals surface area contributed by atoms with Crippen LogP contribution >= 0.6 is 0 Å². The zero-order chi connectivity index (χ0) is 19.4. The van der Waals surface area contributed by atoms with Gasteiger partial charge in [-0.25, -0.2) is 13.6 Å². The highest BCUT2D eigenvalue weighted by atomic mass is 19.1. The van der Waals surface area contributed by atoms with Crippen molar-refractivity contribution in [2.24, 2.45) is 7.05 Å². The van der Waals surface area contributed by atoms with E-state index in [-0.39, 0.29) is 34.7 Å². The van der Waals surface area contributed by atoms with Crippen molar-refractivity contribution < 1.29 is 18.3 Å². The summed E-state index contributed by atoms with van der Waals surface area (Å²) in [6.45, 7) is 1.70. The summed E-state index contributed by atoms with van der Waals surface area (Å²) in [6, 6.07) is 11.5. The number of benzene rings is 2. The Hall–Kier alpha value is -3.42. The number of aryl methyl sites for hydroxylation is 1. The first-order valence-corrected chi connectivity index (χ1v) is 8.18. The molecule has 0 unspecified atom stereocenters. The van der Waals surface area contributed by atoms with Crippen LogP contribution in [-0.2, 0) is 16.6 Å². The molecule has 138 valence electrons. The largest absolute Gasteiger partial charge is 0.462 e. The maximum atomic E-state index is 14.6. The van der Waals surface area contributed by atoms with Crippen LogP contribution < -0.4 is 0 Å². The zero-order valence-corrected chi connectivity index (χ0v) is 14.7. The van der Waals surface area contributed by atoms with Gasteiger partial charge in [-0.2, -0.15) is 4.80 Å². The summed E-state index contributed by atoms with van der Waals surface area (Å²) >= 11 is 0. The fourth-order valence-electron chi connectivity index (χ4n) is 2.63. The summed E-state index contributed by atoms with van der Waals surface area (Å²) in [6.07, 6.45) is 0. The van der Waals surface area contributed by atoms with Gasteiger partial charge in [0, 0.05) is 16.7 Å². The van der Waals surface area contributed by atoms with Gasteiger partial charge >= 0.3 is 5.97 Å². The van der Waals surface area contributed by atoms with Crippen LogP contribution in [0.4, 0.5) is 8.78 Å². The van der Waals surface area contributed by atoms with E-state index in [9.17, 15) is 13.6 Å². The average molecular weight is 370 g/mol. The lowest BCUT2D eigenvalue weighted by molar-refractivity contribution is -0.136. The van der Waals surface area contributed by atoms with Gasteiger partial charge < -0.3 is 4.74 Å². The van der Waals surface area contributed by atoms with Gasteiger partial charge in [-0.15, -0.1) is 10.2 Å². The van der Waals surface area contributed by atoms with Gasteiger partial charge in [-0.3, -0.25) is 0 Å². The van der Waals surface area contributed by atoms with Crippen LogP contribution in [0.1, 0.15) is 23.9 Å². The number of ether oxygens (including phenoxy) is 1. The molecule has 0 atom stereocenters. The van der Waals surface area contributed by atoms with Crippen molar-refractivity contribution in [1.29, 1.82) is 0 Å². The van der Waals surface area contributed by atoms with Crippen LogP contribution in [-0.4, -0.2) is 32.8 Å². The van der Waals surface area contributed by atoms with Crippen molar-refractivity contribution in [3.05, 3.63) is 77.1 Å². The molecule has 8 heteroatoms. The highest BCUT2D eigenvalue weighted by molar-refractivity contribution is 6.25. The van der Waals surface area contributed by atoms with Crippen LogP contribution in [0.5, 0.6) is 0 Å². The monoisotopic (exact) mass is 370 g/mol. The molecule has 2 aromatic carbocycles. The van der Waals surface area contributed by atoms with Gasteiger partial charge in [0.15, 0.2) is 0 Å². The van der Waals surface area contributed by atoms with Crippen LogP contribution in [0.15, 0.2) is 48.5 Å². The Morgan fingerprint density at radius 2 is 1.59 bits per heavy atom. The molecule has 0 radical (unpaired) electrons. The van der Waals surface area contributed by atoms with E-state index in [1.807, 2.05) is 0 Å². The van der Waals surface area contributed by atoms with Gasteiger partial charge in [0.05, 0.1) is 13.7 Å². The Bertz CT molecular complexity index is 967. The second-order valence-corrected chi connectivity index (χ2v) is 5.53. The predicted octanol–water partition coefficient (Wildman–Crippen LogP) is 3.01. The van der Waals surface area contributed by atoms with E-state index < -0.39 is 17.6 Å². The molecule has 0 aliphatic heterocycles. The molecule has 0 saturated heterocycles. The second kappa shape index (κ2) is 7.86. The quantitative estimate of drug-likeness (QED) is 0.510. The minimum atomic E-state index is -0.799. The molecule has 0 spiro atoms. The zero-order valence-electron chi connectivity index (χ0n) is 14.7. The molecule has 0 aliphatic rings. The Kier molecular flexibility index (Phi) is 5.35. The maximum absolute atomic E-state index is 14.6. The van der Waals surface area contributed by atoms with E-state index in [4.69, 9.17) is 4.74 Å². The highest BCUT2D eigenvalue weighted by Crippen LogP contribution is 2.34.